The van der Waals surface area contributed by atoms with E-state index in [1.54, 1.807) is 0 Å². The van der Waals surface area contributed by atoms with Crippen molar-refractivity contribution in [3.63, 3.8) is 0 Å². The van der Waals surface area contributed by atoms with Crippen molar-refractivity contribution in [3.05, 3.63) is 11.9 Å². The Kier molecular flexibility index (Phi) is 6.26. The van der Waals surface area contributed by atoms with Gasteiger partial charge in [0.2, 0.25) is 11.9 Å². The molecule has 0 bridgehead atoms. The van der Waals surface area contributed by atoms with Crippen LogP contribution in [0, 0.1) is 0 Å². The Morgan fingerprint density at radius 1 is 0.966 bits per heavy atom. The maximum atomic E-state index is 13.4. The van der Waals surface area contributed by atoms with E-state index >= 15 is 0 Å². The largest absolute Gasteiger partial charge is 0.408 e. The zero-order chi connectivity index (χ0) is 22.2. The van der Waals surface area contributed by atoms with E-state index in [9.17, 15) is 40.2 Å². The third-order valence-electron chi connectivity index (χ3n) is 4.12. The van der Waals surface area contributed by atoms with Crippen LogP contribution in [0.25, 0.3) is 5.57 Å². The van der Waals surface area contributed by atoms with Crippen molar-refractivity contribution in [2.75, 3.05) is 10.6 Å². The minimum absolute atomic E-state index is 0.0590. The third kappa shape index (κ3) is 5.87. The predicted molar refractivity (Wildman–Crippen MR) is 86.3 cm³/mol. The molecule has 1 aliphatic rings. The summed E-state index contributed by atoms with van der Waals surface area (Å²) in [7, 11) is 0. The van der Waals surface area contributed by atoms with E-state index in [1.165, 1.54) is 0 Å². The molecule has 0 aromatic carbocycles. The number of hydrogen-bond donors (Lipinski definition) is 3. The Morgan fingerprint density at radius 3 is 1.79 bits per heavy atom. The van der Waals surface area contributed by atoms with Crippen LogP contribution in [0.2, 0.25) is 0 Å². The highest BCUT2D eigenvalue weighted by Gasteiger charge is 2.41. The van der Waals surface area contributed by atoms with Gasteiger partial charge in [0.15, 0.2) is 5.82 Å². The first-order valence-electron chi connectivity index (χ1n) is 8.29. The van der Waals surface area contributed by atoms with Gasteiger partial charge in [-0.25, -0.2) is 8.78 Å². The number of anilines is 2. The Bertz CT molecular complexity index is 724. The lowest BCUT2D eigenvalue weighted by molar-refractivity contribution is -0.139. The maximum Gasteiger partial charge on any atom is 0.408 e. The SMILES string of the molecule is C[C@@H](Nc1nc(N[C@H](C)C(F)(F)F)nc(C2=C[C@@H](O)C(F)(F)CC2)n1)C(F)(F)F. The van der Waals surface area contributed by atoms with Gasteiger partial charge in [0.25, 0.3) is 5.92 Å². The van der Waals surface area contributed by atoms with Crippen LogP contribution < -0.4 is 10.6 Å². The second-order valence-electron chi connectivity index (χ2n) is 6.52. The van der Waals surface area contributed by atoms with Crippen molar-refractivity contribution in [2.45, 2.75) is 63.2 Å². The second-order valence-corrected chi connectivity index (χ2v) is 6.52. The smallest absolute Gasteiger partial charge is 0.383 e. The molecule has 1 heterocycles. The Hall–Kier alpha value is -2.25. The molecule has 3 N–H and O–H groups in total. The summed E-state index contributed by atoms with van der Waals surface area (Å²) in [4.78, 5) is 10.9. The molecule has 0 aliphatic heterocycles. The second kappa shape index (κ2) is 7.88. The molecule has 0 amide bonds. The number of hydrogen-bond acceptors (Lipinski definition) is 6. The summed E-state index contributed by atoms with van der Waals surface area (Å²) >= 11 is 0. The zero-order valence-corrected chi connectivity index (χ0v) is 15.0. The van der Waals surface area contributed by atoms with E-state index in [0.717, 1.165) is 13.8 Å². The number of rotatable bonds is 5. The monoisotopic (exact) mass is 435 g/mol. The Morgan fingerprint density at radius 2 is 1.41 bits per heavy atom. The van der Waals surface area contributed by atoms with Gasteiger partial charge in [-0.2, -0.15) is 41.3 Å². The predicted octanol–water partition coefficient (Wildman–Crippen LogP) is 3.77. The number of alkyl halides is 8. The van der Waals surface area contributed by atoms with Crippen LogP contribution in [0.4, 0.5) is 47.0 Å². The molecule has 14 heteroatoms. The van der Waals surface area contributed by atoms with E-state index in [4.69, 9.17) is 0 Å². The quantitative estimate of drug-likeness (QED) is 0.611. The first kappa shape index (κ1) is 23.0. The fraction of sp³-hybridized carbons (Fsp3) is 0.667. The topological polar surface area (TPSA) is 83.0 Å². The molecule has 0 radical (unpaired) electrons. The average molecular weight is 435 g/mol. The third-order valence-corrected chi connectivity index (χ3v) is 4.12. The maximum absolute atomic E-state index is 13.4. The van der Waals surface area contributed by atoms with Crippen molar-refractivity contribution >= 4 is 17.5 Å². The molecule has 0 spiro atoms. The molecule has 6 nitrogen and oxygen atoms in total. The summed E-state index contributed by atoms with van der Waals surface area (Å²) in [5.74, 6) is -5.26. The molecule has 164 valence electrons. The summed E-state index contributed by atoms with van der Waals surface area (Å²) in [5, 5.41) is 13.3. The molecule has 2 rings (SSSR count). The lowest BCUT2D eigenvalue weighted by Crippen LogP contribution is -2.36. The van der Waals surface area contributed by atoms with Crippen LogP contribution in [0.1, 0.15) is 32.5 Å². The van der Waals surface area contributed by atoms with Crippen LogP contribution in [0.3, 0.4) is 0 Å². The van der Waals surface area contributed by atoms with Gasteiger partial charge in [-0.05, 0) is 31.9 Å². The van der Waals surface area contributed by atoms with Crippen molar-refractivity contribution in [2.24, 2.45) is 0 Å². The normalized spacial score (nSPS) is 21.9. The van der Waals surface area contributed by atoms with Gasteiger partial charge < -0.3 is 15.7 Å². The molecule has 0 unspecified atom stereocenters. The van der Waals surface area contributed by atoms with E-state index < -0.39 is 60.6 Å². The van der Waals surface area contributed by atoms with Crippen molar-refractivity contribution in [1.29, 1.82) is 0 Å². The van der Waals surface area contributed by atoms with Crippen LogP contribution >= 0.6 is 0 Å². The summed E-state index contributed by atoms with van der Waals surface area (Å²) in [6, 6.07) is -4.30. The van der Waals surface area contributed by atoms with Crippen LogP contribution in [-0.4, -0.2) is 56.5 Å². The number of halogens is 8. The standard InChI is InChI=1S/C15H17F8N5O/c1-6(14(18,19)20)24-11-26-10(8-3-4-13(16,17)9(29)5-8)27-12(28-11)25-7(2)15(21,22)23/h5-7,9,29H,3-4H2,1-2H3,(H2,24,25,26,27,28)/t6-,7-,9-/m1/s1. The van der Waals surface area contributed by atoms with E-state index in [2.05, 4.69) is 15.0 Å². The summed E-state index contributed by atoms with van der Waals surface area (Å²) < 4.78 is 103. The molecule has 0 saturated heterocycles. The molecule has 29 heavy (non-hydrogen) atoms. The van der Waals surface area contributed by atoms with Gasteiger partial charge in [-0.15, -0.1) is 0 Å². The van der Waals surface area contributed by atoms with Crippen molar-refractivity contribution in [3.8, 4) is 0 Å². The van der Waals surface area contributed by atoms with Gasteiger partial charge in [0.1, 0.15) is 18.2 Å². The van der Waals surface area contributed by atoms with Gasteiger partial charge in [0.05, 0.1) is 0 Å². The number of nitrogens with zero attached hydrogens (tertiary/aromatic N) is 3. The Balaban J connectivity index is 2.42. The number of nitrogens with one attached hydrogen (secondary N) is 2. The van der Waals surface area contributed by atoms with Gasteiger partial charge in [-0.1, -0.05) is 0 Å². The van der Waals surface area contributed by atoms with Crippen LogP contribution in [-0.2, 0) is 0 Å². The minimum atomic E-state index is -4.71. The highest BCUT2D eigenvalue weighted by atomic mass is 19.4. The first-order valence-corrected chi connectivity index (χ1v) is 8.29. The van der Waals surface area contributed by atoms with Gasteiger partial charge in [-0.3, -0.25) is 0 Å². The zero-order valence-electron chi connectivity index (χ0n) is 15.0. The lowest BCUT2D eigenvalue weighted by Gasteiger charge is -2.26. The van der Waals surface area contributed by atoms with Crippen molar-refractivity contribution in [1.82, 2.24) is 15.0 Å². The first-order chi connectivity index (χ1) is 13.1. The van der Waals surface area contributed by atoms with Crippen molar-refractivity contribution < 1.29 is 40.2 Å². The molecule has 1 aromatic rings. The number of aromatic nitrogens is 3. The van der Waals surface area contributed by atoms with Gasteiger partial charge in [0, 0.05) is 6.42 Å². The van der Waals surface area contributed by atoms with E-state index in [0.29, 0.717) is 6.08 Å². The van der Waals surface area contributed by atoms with E-state index in [-0.39, 0.29) is 12.0 Å². The average Bonchev–Trinajstić information content (AvgIpc) is 2.55. The summed E-state index contributed by atoms with van der Waals surface area (Å²) in [6.07, 6.45) is -12.0. The molecule has 0 saturated carbocycles. The molecule has 1 aliphatic carbocycles. The molecular formula is C15H17F8N5O. The molecule has 1 aromatic heterocycles. The fourth-order valence-corrected chi connectivity index (χ4v) is 2.23. The number of aliphatic hydroxyl groups is 1. The Labute approximate surface area is 159 Å². The van der Waals surface area contributed by atoms with Gasteiger partial charge >= 0.3 is 12.4 Å². The summed E-state index contributed by atoms with van der Waals surface area (Å²) in [6.45, 7) is 1.47. The molecule has 0 fully saturated rings. The highest BCUT2D eigenvalue weighted by molar-refractivity contribution is 5.63. The fourth-order valence-electron chi connectivity index (χ4n) is 2.23. The molecular weight excluding hydrogens is 418 g/mol. The highest BCUT2D eigenvalue weighted by Crippen LogP contribution is 2.36. The number of allylic oxidation sites excluding steroid dienone is 1. The number of aliphatic hydroxyl groups excluding tert-OH is 1. The van der Waals surface area contributed by atoms with E-state index in [1.807, 2.05) is 10.6 Å². The summed E-state index contributed by atoms with van der Waals surface area (Å²) in [5.41, 5.74) is -0.0590. The van der Waals surface area contributed by atoms with Crippen LogP contribution in [0.15, 0.2) is 6.08 Å². The molecule has 3 atom stereocenters. The lowest BCUT2D eigenvalue weighted by atomic mass is 9.93. The minimum Gasteiger partial charge on any atom is -0.383 e. The van der Waals surface area contributed by atoms with Crippen LogP contribution in [0.5, 0.6) is 0 Å².